The van der Waals surface area contributed by atoms with Crippen LogP contribution in [0.15, 0.2) is 24.3 Å². The molecular weight excluding hydrogens is 382 g/mol. The van der Waals surface area contributed by atoms with Gasteiger partial charge in [-0.2, -0.15) is 4.98 Å². The van der Waals surface area contributed by atoms with Gasteiger partial charge in [0.1, 0.15) is 5.75 Å². The van der Waals surface area contributed by atoms with Gasteiger partial charge in [-0.05, 0) is 50.8 Å². The maximum absolute atomic E-state index is 12.3. The predicted octanol–water partition coefficient (Wildman–Crippen LogP) is 2.64. The van der Waals surface area contributed by atoms with E-state index in [1.807, 2.05) is 38.1 Å². The molecule has 1 N–H and O–H groups in total. The molecule has 30 heavy (non-hydrogen) atoms. The maximum atomic E-state index is 12.3. The van der Waals surface area contributed by atoms with Gasteiger partial charge in [0.2, 0.25) is 5.91 Å². The van der Waals surface area contributed by atoms with Crippen molar-refractivity contribution in [1.82, 2.24) is 24.9 Å². The van der Waals surface area contributed by atoms with E-state index in [9.17, 15) is 4.79 Å². The monoisotopic (exact) mass is 409 g/mol. The highest BCUT2D eigenvalue weighted by molar-refractivity contribution is 5.76. The number of aryl methyl sites for hydroxylation is 2. The molecule has 2 aromatic heterocycles. The highest BCUT2D eigenvalue weighted by Gasteiger charge is 2.18. The third kappa shape index (κ3) is 4.28. The molecule has 3 aromatic rings. The van der Waals surface area contributed by atoms with E-state index < -0.39 is 0 Å². The van der Waals surface area contributed by atoms with Crippen LogP contribution in [-0.2, 0) is 16.0 Å². The van der Waals surface area contributed by atoms with Crippen LogP contribution in [0.5, 0.6) is 5.75 Å². The Labute approximate surface area is 175 Å². The van der Waals surface area contributed by atoms with Crippen molar-refractivity contribution in [1.29, 1.82) is 0 Å². The number of benzene rings is 1. The van der Waals surface area contributed by atoms with Crippen LogP contribution >= 0.6 is 0 Å². The van der Waals surface area contributed by atoms with Gasteiger partial charge in [0, 0.05) is 36.5 Å². The number of carbonyl (C=O) groups is 1. The third-order valence-electron chi connectivity index (χ3n) is 5.53. The Hall–Kier alpha value is -3.00. The number of methoxy groups -OCH3 is 1. The standard InChI is InChI=1S/C22H27N5O3/c1-14-19(9-10-20(28)23-13-18-8-5-11-30-18)15(2)27-22(24-14)25-21(26-27)16-6-4-7-17(12-16)29-3/h4,6-7,12,18H,5,8-11,13H2,1-3H3,(H,23,28). The van der Waals surface area contributed by atoms with Crippen LogP contribution in [0.1, 0.15) is 36.2 Å². The van der Waals surface area contributed by atoms with E-state index in [0.717, 1.165) is 47.7 Å². The van der Waals surface area contributed by atoms with Gasteiger partial charge >= 0.3 is 0 Å². The molecule has 0 bridgehead atoms. The summed E-state index contributed by atoms with van der Waals surface area (Å²) in [4.78, 5) is 21.5. The summed E-state index contributed by atoms with van der Waals surface area (Å²) in [6, 6.07) is 7.63. The van der Waals surface area contributed by atoms with Gasteiger partial charge < -0.3 is 14.8 Å². The largest absolute Gasteiger partial charge is 0.497 e. The van der Waals surface area contributed by atoms with Gasteiger partial charge in [0.05, 0.1) is 13.2 Å². The second-order valence-electron chi connectivity index (χ2n) is 7.58. The zero-order chi connectivity index (χ0) is 21.1. The Kier molecular flexibility index (Phi) is 5.94. The molecule has 1 fully saturated rings. The van der Waals surface area contributed by atoms with Crippen molar-refractivity contribution >= 4 is 11.7 Å². The minimum atomic E-state index is 0.0278. The fraction of sp³-hybridized carbons (Fsp3) is 0.455. The topological polar surface area (TPSA) is 90.6 Å². The molecule has 8 nitrogen and oxygen atoms in total. The van der Waals surface area contributed by atoms with E-state index in [1.54, 1.807) is 11.6 Å². The van der Waals surface area contributed by atoms with Crippen LogP contribution < -0.4 is 10.1 Å². The summed E-state index contributed by atoms with van der Waals surface area (Å²) in [6.07, 6.45) is 3.24. The number of aromatic nitrogens is 4. The normalized spacial score (nSPS) is 16.2. The molecule has 1 saturated heterocycles. The summed E-state index contributed by atoms with van der Waals surface area (Å²) >= 11 is 0. The first-order chi connectivity index (χ1) is 14.5. The smallest absolute Gasteiger partial charge is 0.253 e. The molecule has 0 saturated carbocycles. The first kappa shape index (κ1) is 20.3. The second-order valence-corrected chi connectivity index (χ2v) is 7.58. The molecule has 0 aliphatic carbocycles. The van der Waals surface area contributed by atoms with Crippen LogP contribution in [0, 0.1) is 13.8 Å². The summed E-state index contributed by atoms with van der Waals surface area (Å²) in [5.41, 5.74) is 3.71. The van der Waals surface area contributed by atoms with E-state index >= 15 is 0 Å². The van der Waals surface area contributed by atoms with Gasteiger partial charge in [-0.15, -0.1) is 5.10 Å². The molecule has 1 amide bonds. The van der Waals surface area contributed by atoms with Crippen LogP contribution in [0.25, 0.3) is 17.2 Å². The lowest BCUT2D eigenvalue weighted by Gasteiger charge is -2.12. The highest BCUT2D eigenvalue weighted by atomic mass is 16.5. The van der Waals surface area contributed by atoms with Crippen molar-refractivity contribution in [3.05, 3.63) is 41.2 Å². The van der Waals surface area contributed by atoms with Gasteiger partial charge in [-0.1, -0.05) is 12.1 Å². The number of amides is 1. The summed E-state index contributed by atoms with van der Waals surface area (Å²) in [6.45, 7) is 5.32. The van der Waals surface area contributed by atoms with Crippen molar-refractivity contribution in [2.24, 2.45) is 0 Å². The zero-order valence-electron chi connectivity index (χ0n) is 17.6. The first-order valence-electron chi connectivity index (χ1n) is 10.3. The van der Waals surface area contributed by atoms with E-state index in [0.29, 0.717) is 31.0 Å². The second kappa shape index (κ2) is 8.79. The molecule has 1 unspecified atom stereocenters. The number of fused-ring (bicyclic) bond motifs is 1. The third-order valence-corrected chi connectivity index (χ3v) is 5.53. The fourth-order valence-corrected chi connectivity index (χ4v) is 3.81. The van der Waals surface area contributed by atoms with E-state index in [2.05, 4.69) is 20.4 Å². The number of ether oxygens (including phenoxy) is 2. The zero-order valence-corrected chi connectivity index (χ0v) is 17.6. The van der Waals surface area contributed by atoms with Crippen molar-refractivity contribution in [3.8, 4) is 17.1 Å². The molecule has 1 atom stereocenters. The molecule has 1 aliphatic heterocycles. The molecule has 4 rings (SSSR count). The lowest BCUT2D eigenvalue weighted by Crippen LogP contribution is -2.32. The van der Waals surface area contributed by atoms with E-state index in [4.69, 9.17) is 9.47 Å². The van der Waals surface area contributed by atoms with Gasteiger partial charge in [0.15, 0.2) is 5.82 Å². The predicted molar refractivity (Wildman–Crippen MR) is 113 cm³/mol. The Morgan fingerprint density at radius 1 is 1.33 bits per heavy atom. The van der Waals surface area contributed by atoms with Crippen LogP contribution in [0.3, 0.4) is 0 Å². The summed E-state index contributed by atoms with van der Waals surface area (Å²) < 4.78 is 12.6. The molecule has 0 spiro atoms. The quantitative estimate of drug-likeness (QED) is 0.645. The molecule has 1 aliphatic rings. The number of nitrogens with one attached hydrogen (secondary N) is 1. The van der Waals surface area contributed by atoms with Gasteiger partial charge in [0.25, 0.3) is 5.78 Å². The van der Waals surface area contributed by atoms with Crippen LogP contribution in [0.4, 0.5) is 0 Å². The molecule has 3 heterocycles. The average Bonchev–Trinajstić information content (AvgIpc) is 3.42. The number of rotatable bonds is 7. The minimum absolute atomic E-state index is 0.0278. The summed E-state index contributed by atoms with van der Waals surface area (Å²) in [5.74, 6) is 1.92. The number of hydrogen-bond acceptors (Lipinski definition) is 6. The fourth-order valence-electron chi connectivity index (χ4n) is 3.81. The lowest BCUT2D eigenvalue weighted by atomic mass is 10.1. The van der Waals surface area contributed by atoms with E-state index in [-0.39, 0.29) is 12.0 Å². The molecule has 158 valence electrons. The summed E-state index contributed by atoms with van der Waals surface area (Å²) in [7, 11) is 1.63. The SMILES string of the molecule is COc1cccc(-c2nc3nc(C)c(CCC(=O)NCC4CCCO4)c(C)n3n2)c1. The van der Waals surface area contributed by atoms with Crippen LogP contribution in [0.2, 0.25) is 0 Å². The van der Waals surface area contributed by atoms with Crippen molar-refractivity contribution in [2.75, 3.05) is 20.3 Å². The Morgan fingerprint density at radius 2 is 2.20 bits per heavy atom. The number of carbonyl (C=O) groups excluding carboxylic acids is 1. The van der Waals surface area contributed by atoms with Crippen molar-refractivity contribution in [3.63, 3.8) is 0 Å². The Morgan fingerprint density at radius 3 is 2.97 bits per heavy atom. The molecule has 1 aromatic carbocycles. The van der Waals surface area contributed by atoms with Crippen LogP contribution in [-0.4, -0.2) is 51.9 Å². The van der Waals surface area contributed by atoms with Gasteiger partial charge in [-0.3, -0.25) is 4.79 Å². The Balaban J connectivity index is 1.50. The lowest BCUT2D eigenvalue weighted by molar-refractivity contribution is -0.121. The van der Waals surface area contributed by atoms with E-state index in [1.165, 1.54) is 0 Å². The molecule has 0 radical (unpaired) electrons. The highest BCUT2D eigenvalue weighted by Crippen LogP contribution is 2.23. The average molecular weight is 409 g/mol. The summed E-state index contributed by atoms with van der Waals surface area (Å²) in [5, 5.41) is 7.62. The molecular formula is C22H27N5O3. The molecule has 8 heteroatoms. The Bertz CT molecular complexity index is 1060. The van der Waals surface area contributed by atoms with Gasteiger partial charge in [-0.25, -0.2) is 9.50 Å². The number of hydrogen-bond donors (Lipinski definition) is 1. The first-order valence-corrected chi connectivity index (χ1v) is 10.3. The minimum Gasteiger partial charge on any atom is -0.497 e. The maximum Gasteiger partial charge on any atom is 0.253 e. The number of nitrogens with zero attached hydrogens (tertiary/aromatic N) is 4. The van der Waals surface area contributed by atoms with Crippen molar-refractivity contribution in [2.45, 2.75) is 45.6 Å². The van der Waals surface area contributed by atoms with Crippen molar-refractivity contribution < 1.29 is 14.3 Å².